The zero-order valence-corrected chi connectivity index (χ0v) is 17.6. The normalized spacial score (nSPS) is 15.8. The van der Waals surface area contributed by atoms with Crippen LogP contribution in [0.5, 0.6) is 0 Å². The first-order valence-electron chi connectivity index (χ1n) is 8.51. The number of ether oxygens (including phenoxy) is 1. The summed E-state index contributed by atoms with van der Waals surface area (Å²) in [6.07, 6.45) is -1.10. The minimum atomic E-state index is -2.18. The summed E-state index contributed by atoms with van der Waals surface area (Å²) in [5, 5.41) is 2.58. The molecule has 2 aromatic rings. The van der Waals surface area contributed by atoms with Gasteiger partial charge in [-0.3, -0.25) is 9.69 Å². The second kappa shape index (κ2) is 9.87. The number of anilines is 1. The number of nitrogens with one attached hydrogen (secondary N) is 1. The summed E-state index contributed by atoms with van der Waals surface area (Å²) >= 11 is 0. The maximum absolute atomic E-state index is 14.6. The molecule has 1 saturated heterocycles. The summed E-state index contributed by atoms with van der Waals surface area (Å²) in [6.45, 7) is 1.77. The Kier molecular flexibility index (Phi) is 7.79. The molecular formula is C19H18AlFN2O5S. The van der Waals surface area contributed by atoms with Crippen molar-refractivity contribution in [2.75, 3.05) is 18.0 Å². The number of carbonyl (C=O) groups excluding carboxylic acids is 2. The second-order valence-corrected chi connectivity index (χ2v) is 7.26. The summed E-state index contributed by atoms with van der Waals surface area (Å²) in [5.74, 6) is -0.841. The molecule has 29 heavy (non-hydrogen) atoms. The van der Waals surface area contributed by atoms with Gasteiger partial charge in [0.25, 0.3) is 0 Å². The molecule has 0 aromatic heterocycles. The average molecular weight is 432 g/mol. The van der Waals surface area contributed by atoms with Gasteiger partial charge in [-0.25, -0.2) is 9.18 Å². The van der Waals surface area contributed by atoms with Crippen molar-refractivity contribution in [2.24, 2.45) is 0 Å². The van der Waals surface area contributed by atoms with Gasteiger partial charge in [0.05, 0.1) is 18.8 Å². The van der Waals surface area contributed by atoms with Crippen LogP contribution in [0.3, 0.4) is 0 Å². The SMILES string of the molecule is CC(=O)NC[C@H]1CN(c2ccc(-c3ccc(C[S-](=O)=O)cc3)c(F)c2)C(=O)O1.[Al+]. The van der Waals surface area contributed by atoms with Gasteiger partial charge in [-0.1, -0.05) is 40.5 Å². The van der Waals surface area contributed by atoms with Crippen LogP contribution in [0.1, 0.15) is 12.5 Å². The molecule has 0 bridgehead atoms. The van der Waals surface area contributed by atoms with E-state index in [-0.39, 0.29) is 42.1 Å². The molecule has 1 atom stereocenters. The van der Waals surface area contributed by atoms with Gasteiger partial charge in [-0.2, -0.15) is 0 Å². The van der Waals surface area contributed by atoms with E-state index >= 15 is 0 Å². The molecule has 1 heterocycles. The Morgan fingerprint density at radius 1 is 1.24 bits per heavy atom. The fraction of sp³-hybridized carbons (Fsp3) is 0.263. The summed E-state index contributed by atoms with van der Waals surface area (Å²) in [4.78, 5) is 24.3. The minimum absolute atomic E-state index is 0. The summed E-state index contributed by atoms with van der Waals surface area (Å²) in [6, 6.07) is 11.0. The van der Waals surface area contributed by atoms with E-state index in [1.165, 1.54) is 17.9 Å². The molecule has 2 aromatic carbocycles. The predicted molar refractivity (Wildman–Crippen MR) is 106 cm³/mol. The number of amides is 2. The van der Waals surface area contributed by atoms with Gasteiger partial charge >= 0.3 is 23.5 Å². The van der Waals surface area contributed by atoms with Crippen molar-refractivity contribution < 1.29 is 27.1 Å². The molecule has 150 valence electrons. The maximum Gasteiger partial charge on any atom is 1.00 e. The molecule has 0 unspecified atom stereocenters. The Morgan fingerprint density at radius 3 is 2.52 bits per heavy atom. The van der Waals surface area contributed by atoms with Gasteiger partial charge in [0, 0.05) is 12.5 Å². The number of hydrogen-bond acceptors (Lipinski definition) is 6. The van der Waals surface area contributed by atoms with Gasteiger partial charge < -0.3 is 18.5 Å². The van der Waals surface area contributed by atoms with Crippen LogP contribution in [0, 0.1) is 5.82 Å². The van der Waals surface area contributed by atoms with Gasteiger partial charge in [0.2, 0.25) is 5.91 Å². The predicted octanol–water partition coefficient (Wildman–Crippen LogP) is 2.38. The zero-order valence-electron chi connectivity index (χ0n) is 15.6. The van der Waals surface area contributed by atoms with Crippen LogP contribution in [0.2, 0.25) is 0 Å². The van der Waals surface area contributed by atoms with Crippen LogP contribution in [-0.2, 0) is 34.4 Å². The van der Waals surface area contributed by atoms with Crippen molar-refractivity contribution in [1.29, 1.82) is 0 Å². The Bertz CT molecular complexity index is 973. The fourth-order valence-corrected chi connectivity index (χ4v) is 3.38. The van der Waals surface area contributed by atoms with Crippen molar-refractivity contribution in [1.82, 2.24) is 5.32 Å². The van der Waals surface area contributed by atoms with E-state index in [0.29, 0.717) is 22.4 Å². The third kappa shape index (κ3) is 5.79. The maximum atomic E-state index is 14.6. The first-order chi connectivity index (χ1) is 13.3. The second-order valence-electron chi connectivity index (χ2n) is 6.36. The average Bonchev–Trinajstić information content (AvgIpc) is 3.01. The molecule has 0 saturated carbocycles. The molecular weight excluding hydrogens is 414 g/mol. The number of halogens is 1. The van der Waals surface area contributed by atoms with Gasteiger partial charge in [0.1, 0.15) is 11.9 Å². The number of carbonyl (C=O) groups is 2. The van der Waals surface area contributed by atoms with Crippen molar-refractivity contribution in [3.05, 3.63) is 53.8 Å². The Hall–Kier alpha value is -2.41. The first kappa shape index (κ1) is 22.9. The van der Waals surface area contributed by atoms with Gasteiger partial charge in [-0.05, 0) is 29.5 Å². The van der Waals surface area contributed by atoms with E-state index in [2.05, 4.69) is 5.32 Å². The van der Waals surface area contributed by atoms with E-state index in [4.69, 9.17) is 4.74 Å². The van der Waals surface area contributed by atoms with Crippen LogP contribution in [0.4, 0.5) is 14.9 Å². The molecule has 1 aliphatic rings. The van der Waals surface area contributed by atoms with E-state index < -0.39 is 28.7 Å². The summed E-state index contributed by atoms with van der Waals surface area (Å²) in [5.41, 5.74) is 1.90. The molecule has 1 aliphatic heterocycles. The van der Waals surface area contributed by atoms with Crippen LogP contribution in [-0.4, -0.2) is 48.6 Å². The number of rotatable bonds is 6. The number of nitrogens with zero attached hydrogens (tertiary/aromatic N) is 1. The third-order valence-corrected chi connectivity index (χ3v) is 4.84. The monoisotopic (exact) mass is 432 g/mol. The van der Waals surface area contributed by atoms with E-state index in [1.807, 2.05) is 0 Å². The third-order valence-electron chi connectivity index (χ3n) is 4.27. The molecule has 0 spiro atoms. The van der Waals surface area contributed by atoms with Crippen molar-refractivity contribution in [3.8, 4) is 11.1 Å². The molecule has 3 rings (SSSR count). The zero-order chi connectivity index (χ0) is 20.3. The van der Waals surface area contributed by atoms with Crippen molar-refractivity contribution in [3.63, 3.8) is 0 Å². The molecule has 1 N–H and O–H groups in total. The number of cyclic esters (lactones) is 1. The first-order valence-corrected chi connectivity index (χ1v) is 9.75. The quantitative estimate of drug-likeness (QED) is 0.559. The van der Waals surface area contributed by atoms with E-state index in [9.17, 15) is 22.4 Å². The van der Waals surface area contributed by atoms with Crippen LogP contribution >= 0.6 is 0 Å². The standard InChI is InChI=1S/C19H18FN2O5S.Al/c1-12(23)21-9-16-10-22(19(24)27-16)15-6-7-17(18(20)8-15)14-4-2-13(3-5-14)11-28(25)26;/h2-8,16H,9-11H2,1H3,(H,21,23);/q-1;+1/t16-;/m0./s1. The van der Waals surface area contributed by atoms with Crippen molar-refractivity contribution >= 4 is 45.8 Å². The van der Waals surface area contributed by atoms with Gasteiger partial charge in [0.15, 0.2) is 0 Å². The molecule has 10 heteroatoms. The Labute approximate surface area is 179 Å². The molecule has 2 radical (unpaired) electrons. The van der Waals surface area contributed by atoms with Crippen molar-refractivity contribution in [2.45, 2.75) is 18.8 Å². The van der Waals surface area contributed by atoms with Crippen LogP contribution in [0.15, 0.2) is 42.5 Å². The topological polar surface area (TPSA) is 92.8 Å². The smallest absolute Gasteiger partial charge is 0.442 e. The molecule has 0 aliphatic carbocycles. The molecule has 1 fully saturated rings. The summed E-state index contributed by atoms with van der Waals surface area (Å²) in [7, 11) is -2.18. The fourth-order valence-electron chi connectivity index (χ4n) is 2.92. The van der Waals surface area contributed by atoms with E-state index in [0.717, 1.165) is 0 Å². The van der Waals surface area contributed by atoms with Crippen LogP contribution in [0.25, 0.3) is 11.1 Å². The molecule has 2 amide bonds. The summed E-state index contributed by atoms with van der Waals surface area (Å²) < 4.78 is 41.3. The number of hydrogen-bond donors (Lipinski definition) is 1. The Balaban J connectivity index is 0.00000300. The molecule has 7 nitrogen and oxygen atoms in total. The van der Waals surface area contributed by atoms with Gasteiger partial charge in [-0.15, -0.1) is 0 Å². The largest absolute Gasteiger partial charge is 1.00 e. The number of benzene rings is 2. The Morgan fingerprint density at radius 2 is 1.93 bits per heavy atom. The van der Waals surface area contributed by atoms with Crippen LogP contribution < -0.4 is 10.2 Å². The minimum Gasteiger partial charge on any atom is -0.442 e. The van der Waals surface area contributed by atoms with E-state index in [1.54, 1.807) is 36.4 Å².